The zero-order chi connectivity index (χ0) is 11.5. The molecule has 0 aliphatic heterocycles. The molecule has 1 unspecified atom stereocenters. The lowest BCUT2D eigenvalue weighted by atomic mass is 10.2. The van der Waals surface area contributed by atoms with E-state index in [4.69, 9.17) is 0 Å². The molecule has 2 rings (SSSR count). The van der Waals surface area contributed by atoms with E-state index in [0.29, 0.717) is 6.04 Å². The van der Waals surface area contributed by atoms with Gasteiger partial charge in [-0.1, -0.05) is 6.92 Å². The number of thiazole rings is 1. The third-order valence-electron chi connectivity index (χ3n) is 2.35. The molecule has 2 aromatic rings. The Labute approximate surface area is 98.3 Å². The first-order valence-corrected chi connectivity index (χ1v) is 6.10. The van der Waals surface area contributed by atoms with E-state index in [9.17, 15) is 0 Å². The van der Waals surface area contributed by atoms with Gasteiger partial charge in [0.05, 0.1) is 5.69 Å². The third kappa shape index (κ3) is 2.12. The molecule has 16 heavy (non-hydrogen) atoms. The standard InChI is InChI=1S/C10H15N5S/c1-4-11-6(2)8-7(3)14-10(16-8)9-12-5-13-15-9/h5-6,11H,4H2,1-3H3,(H,12,13,15). The van der Waals surface area contributed by atoms with Crippen LogP contribution in [0, 0.1) is 6.92 Å². The number of hydrogen-bond acceptors (Lipinski definition) is 5. The number of nitrogens with zero attached hydrogens (tertiary/aromatic N) is 3. The molecule has 2 heterocycles. The molecule has 2 N–H and O–H groups in total. The minimum Gasteiger partial charge on any atom is -0.310 e. The van der Waals surface area contributed by atoms with Gasteiger partial charge in [0.1, 0.15) is 6.33 Å². The molecule has 0 bridgehead atoms. The lowest BCUT2D eigenvalue weighted by Gasteiger charge is -2.09. The van der Waals surface area contributed by atoms with E-state index in [1.54, 1.807) is 11.3 Å². The van der Waals surface area contributed by atoms with Crippen molar-refractivity contribution in [3.05, 3.63) is 16.9 Å². The van der Waals surface area contributed by atoms with Crippen LogP contribution in [0.4, 0.5) is 0 Å². The van der Waals surface area contributed by atoms with Gasteiger partial charge in [0.15, 0.2) is 10.8 Å². The van der Waals surface area contributed by atoms with Gasteiger partial charge in [0.25, 0.3) is 0 Å². The number of aromatic nitrogens is 4. The van der Waals surface area contributed by atoms with Gasteiger partial charge in [-0.3, -0.25) is 5.10 Å². The van der Waals surface area contributed by atoms with Crippen molar-refractivity contribution in [2.24, 2.45) is 0 Å². The summed E-state index contributed by atoms with van der Waals surface area (Å²) < 4.78 is 0. The molecule has 5 nitrogen and oxygen atoms in total. The highest BCUT2D eigenvalue weighted by molar-refractivity contribution is 7.15. The Bertz CT molecular complexity index is 448. The second-order valence-corrected chi connectivity index (χ2v) is 4.61. The first-order valence-electron chi connectivity index (χ1n) is 5.28. The van der Waals surface area contributed by atoms with E-state index in [2.05, 4.69) is 39.3 Å². The van der Waals surface area contributed by atoms with Crippen molar-refractivity contribution >= 4 is 11.3 Å². The van der Waals surface area contributed by atoms with E-state index in [0.717, 1.165) is 23.1 Å². The molecule has 1 atom stereocenters. The molecule has 0 amide bonds. The first kappa shape index (κ1) is 11.2. The largest absolute Gasteiger partial charge is 0.310 e. The van der Waals surface area contributed by atoms with Crippen LogP contribution >= 0.6 is 11.3 Å². The molecule has 0 aromatic carbocycles. The molecule has 2 aromatic heterocycles. The van der Waals surface area contributed by atoms with Gasteiger partial charge in [-0.25, -0.2) is 9.97 Å². The predicted molar refractivity (Wildman–Crippen MR) is 64.3 cm³/mol. The topological polar surface area (TPSA) is 66.5 Å². The average Bonchev–Trinajstić information content (AvgIpc) is 2.86. The Balaban J connectivity index is 2.28. The Morgan fingerprint density at radius 1 is 1.56 bits per heavy atom. The van der Waals surface area contributed by atoms with Crippen LogP contribution in [0.1, 0.15) is 30.5 Å². The smallest absolute Gasteiger partial charge is 0.184 e. The number of aryl methyl sites for hydroxylation is 1. The molecule has 0 aliphatic carbocycles. The van der Waals surface area contributed by atoms with Gasteiger partial charge < -0.3 is 5.32 Å². The van der Waals surface area contributed by atoms with Crippen LogP contribution in [-0.2, 0) is 0 Å². The quantitative estimate of drug-likeness (QED) is 0.852. The maximum absolute atomic E-state index is 4.50. The first-order chi connectivity index (χ1) is 7.72. The van der Waals surface area contributed by atoms with E-state index >= 15 is 0 Å². The SMILES string of the molecule is CCNC(C)c1sc(-c2ncn[nH]2)nc1C. The maximum atomic E-state index is 4.50. The monoisotopic (exact) mass is 237 g/mol. The van der Waals surface area contributed by atoms with E-state index < -0.39 is 0 Å². The summed E-state index contributed by atoms with van der Waals surface area (Å²) in [5.74, 6) is 0.739. The van der Waals surface area contributed by atoms with Crippen LogP contribution in [0.15, 0.2) is 6.33 Å². The molecule has 0 radical (unpaired) electrons. The number of nitrogens with one attached hydrogen (secondary N) is 2. The van der Waals surface area contributed by atoms with E-state index in [-0.39, 0.29) is 0 Å². The Hall–Kier alpha value is -1.27. The van der Waals surface area contributed by atoms with Crippen LogP contribution in [0.5, 0.6) is 0 Å². The van der Waals surface area contributed by atoms with Crippen molar-refractivity contribution in [3.8, 4) is 10.8 Å². The lowest BCUT2D eigenvalue weighted by molar-refractivity contribution is 0.603. The number of H-pyrrole nitrogens is 1. The van der Waals surface area contributed by atoms with Crippen molar-refractivity contribution in [3.63, 3.8) is 0 Å². The van der Waals surface area contributed by atoms with Crippen LogP contribution < -0.4 is 5.32 Å². The highest BCUT2D eigenvalue weighted by Crippen LogP contribution is 2.29. The highest BCUT2D eigenvalue weighted by Gasteiger charge is 2.15. The molecule has 0 saturated heterocycles. The minimum atomic E-state index is 0.333. The van der Waals surface area contributed by atoms with Crippen molar-refractivity contribution in [2.75, 3.05) is 6.54 Å². The molecule has 0 aliphatic rings. The Morgan fingerprint density at radius 2 is 2.38 bits per heavy atom. The minimum absolute atomic E-state index is 0.333. The second-order valence-electron chi connectivity index (χ2n) is 3.58. The van der Waals surface area contributed by atoms with Crippen LogP contribution in [0.2, 0.25) is 0 Å². The fourth-order valence-electron chi connectivity index (χ4n) is 1.62. The normalized spacial score (nSPS) is 12.9. The van der Waals surface area contributed by atoms with Gasteiger partial charge in [-0.05, 0) is 20.4 Å². The van der Waals surface area contributed by atoms with Crippen molar-refractivity contribution in [1.29, 1.82) is 0 Å². The molecule has 86 valence electrons. The highest BCUT2D eigenvalue weighted by atomic mass is 32.1. The van der Waals surface area contributed by atoms with Gasteiger partial charge >= 0.3 is 0 Å². The Kier molecular flexibility index (Phi) is 3.31. The summed E-state index contributed by atoms with van der Waals surface area (Å²) in [4.78, 5) is 9.87. The summed E-state index contributed by atoms with van der Waals surface area (Å²) in [6, 6.07) is 0.333. The molecular formula is C10H15N5S. The van der Waals surface area contributed by atoms with Crippen LogP contribution in [-0.4, -0.2) is 26.7 Å². The average molecular weight is 237 g/mol. The van der Waals surface area contributed by atoms with Crippen LogP contribution in [0.25, 0.3) is 10.8 Å². The van der Waals surface area contributed by atoms with Crippen molar-refractivity contribution in [2.45, 2.75) is 26.8 Å². The summed E-state index contributed by atoms with van der Waals surface area (Å²) in [5, 5.41) is 10.9. The fourth-order valence-corrected chi connectivity index (χ4v) is 2.66. The maximum Gasteiger partial charge on any atom is 0.184 e. The second kappa shape index (κ2) is 4.71. The molecular weight excluding hydrogens is 222 g/mol. The van der Waals surface area contributed by atoms with Gasteiger partial charge in [0, 0.05) is 10.9 Å². The summed E-state index contributed by atoms with van der Waals surface area (Å²) in [6.07, 6.45) is 1.50. The van der Waals surface area contributed by atoms with Crippen molar-refractivity contribution < 1.29 is 0 Å². The van der Waals surface area contributed by atoms with Gasteiger partial charge in [0.2, 0.25) is 0 Å². The van der Waals surface area contributed by atoms with Crippen LogP contribution in [0.3, 0.4) is 0 Å². The summed E-state index contributed by atoms with van der Waals surface area (Å²) in [5.41, 5.74) is 1.06. The fraction of sp³-hybridized carbons (Fsp3) is 0.500. The van der Waals surface area contributed by atoms with Gasteiger partial charge in [-0.2, -0.15) is 5.10 Å². The number of aromatic amines is 1. The summed E-state index contributed by atoms with van der Waals surface area (Å²) in [7, 11) is 0. The van der Waals surface area contributed by atoms with Crippen molar-refractivity contribution in [1.82, 2.24) is 25.5 Å². The molecule has 0 spiro atoms. The van der Waals surface area contributed by atoms with E-state index in [1.165, 1.54) is 11.2 Å². The number of hydrogen-bond donors (Lipinski definition) is 2. The predicted octanol–water partition coefficient (Wildman–Crippen LogP) is 1.91. The lowest BCUT2D eigenvalue weighted by Crippen LogP contribution is -2.17. The molecule has 6 heteroatoms. The third-order valence-corrected chi connectivity index (χ3v) is 3.70. The molecule has 0 fully saturated rings. The Morgan fingerprint density at radius 3 is 3.00 bits per heavy atom. The summed E-state index contributed by atoms with van der Waals surface area (Å²) >= 11 is 1.66. The number of rotatable bonds is 4. The zero-order valence-electron chi connectivity index (χ0n) is 9.61. The molecule has 0 saturated carbocycles. The van der Waals surface area contributed by atoms with Gasteiger partial charge in [-0.15, -0.1) is 11.3 Å². The summed E-state index contributed by atoms with van der Waals surface area (Å²) in [6.45, 7) is 7.23. The van der Waals surface area contributed by atoms with E-state index in [1.807, 2.05) is 6.92 Å². The zero-order valence-corrected chi connectivity index (χ0v) is 10.4.